The SMILES string of the molecule is NC(=O)C(F)c1ccccc1F. The number of carbonyl (C=O) groups excluding carboxylic acids is 1. The average molecular weight is 171 g/mol. The highest BCUT2D eigenvalue weighted by Gasteiger charge is 2.19. The van der Waals surface area contributed by atoms with Gasteiger partial charge < -0.3 is 5.73 Å². The van der Waals surface area contributed by atoms with Crippen LogP contribution in [0.25, 0.3) is 0 Å². The fourth-order valence-corrected chi connectivity index (χ4v) is 0.834. The van der Waals surface area contributed by atoms with E-state index in [2.05, 4.69) is 5.73 Å². The van der Waals surface area contributed by atoms with Crippen molar-refractivity contribution in [1.29, 1.82) is 0 Å². The summed E-state index contributed by atoms with van der Waals surface area (Å²) in [5.74, 6) is -1.94. The fraction of sp³-hybridized carbons (Fsp3) is 0.125. The molecule has 1 unspecified atom stereocenters. The normalized spacial score (nSPS) is 12.5. The molecule has 4 heteroatoms. The van der Waals surface area contributed by atoms with Crippen molar-refractivity contribution in [3.8, 4) is 0 Å². The Labute approximate surface area is 68.0 Å². The van der Waals surface area contributed by atoms with Gasteiger partial charge in [-0.25, -0.2) is 8.78 Å². The third-order valence-corrected chi connectivity index (χ3v) is 1.43. The topological polar surface area (TPSA) is 43.1 Å². The van der Waals surface area contributed by atoms with Crippen LogP contribution in [0.15, 0.2) is 24.3 Å². The molecule has 0 aliphatic rings. The highest BCUT2D eigenvalue weighted by atomic mass is 19.1. The van der Waals surface area contributed by atoms with Crippen LogP contribution in [0.4, 0.5) is 8.78 Å². The molecule has 0 saturated heterocycles. The van der Waals surface area contributed by atoms with E-state index in [1.54, 1.807) is 0 Å². The number of alkyl halides is 1. The van der Waals surface area contributed by atoms with Gasteiger partial charge in [-0.1, -0.05) is 18.2 Å². The van der Waals surface area contributed by atoms with Gasteiger partial charge in [-0.15, -0.1) is 0 Å². The molecule has 0 spiro atoms. The quantitative estimate of drug-likeness (QED) is 0.716. The van der Waals surface area contributed by atoms with Crippen LogP contribution in [-0.2, 0) is 4.79 Å². The summed E-state index contributed by atoms with van der Waals surface area (Å²) in [6.45, 7) is 0. The Hall–Kier alpha value is -1.45. The zero-order chi connectivity index (χ0) is 9.14. The van der Waals surface area contributed by atoms with Gasteiger partial charge in [-0.05, 0) is 6.07 Å². The predicted molar refractivity (Wildman–Crippen MR) is 39.4 cm³/mol. The number of primary amides is 1. The van der Waals surface area contributed by atoms with Crippen LogP contribution < -0.4 is 5.73 Å². The van der Waals surface area contributed by atoms with Gasteiger partial charge in [-0.2, -0.15) is 0 Å². The lowest BCUT2D eigenvalue weighted by atomic mass is 10.1. The van der Waals surface area contributed by atoms with E-state index in [9.17, 15) is 13.6 Å². The molecule has 12 heavy (non-hydrogen) atoms. The number of nitrogens with two attached hydrogens (primary N) is 1. The molecule has 2 nitrogen and oxygen atoms in total. The molecule has 1 rings (SSSR count). The van der Waals surface area contributed by atoms with E-state index in [0.717, 1.165) is 6.07 Å². The van der Waals surface area contributed by atoms with E-state index >= 15 is 0 Å². The first-order valence-electron chi connectivity index (χ1n) is 3.30. The average Bonchev–Trinajstić information content (AvgIpc) is 2.04. The Morgan fingerprint density at radius 3 is 2.50 bits per heavy atom. The first kappa shape index (κ1) is 8.64. The van der Waals surface area contributed by atoms with Crippen molar-refractivity contribution < 1.29 is 13.6 Å². The van der Waals surface area contributed by atoms with Crippen molar-refractivity contribution in [1.82, 2.24) is 0 Å². The fourth-order valence-electron chi connectivity index (χ4n) is 0.834. The number of hydrogen-bond donors (Lipinski definition) is 1. The van der Waals surface area contributed by atoms with Crippen molar-refractivity contribution in [3.05, 3.63) is 35.6 Å². The monoisotopic (exact) mass is 171 g/mol. The molecule has 0 aromatic heterocycles. The van der Waals surface area contributed by atoms with Crippen molar-refractivity contribution in [2.45, 2.75) is 6.17 Å². The Balaban J connectivity index is 3.02. The Morgan fingerprint density at radius 2 is 2.00 bits per heavy atom. The van der Waals surface area contributed by atoms with Gasteiger partial charge in [0, 0.05) is 5.56 Å². The van der Waals surface area contributed by atoms with Gasteiger partial charge >= 0.3 is 0 Å². The van der Waals surface area contributed by atoms with E-state index < -0.39 is 17.9 Å². The van der Waals surface area contributed by atoms with Crippen LogP contribution >= 0.6 is 0 Å². The molecule has 0 aliphatic heterocycles. The molecule has 0 fully saturated rings. The molecular formula is C8H7F2NO. The van der Waals surface area contributed by atoms with Gasteiger partial charge in [0.1, 0.15) is 5.82 Å². The van der Waals surface area contributed by atoms with Crippen LogP contribution in [0.2, 0.25) is 0 Å². The minimum atomic E-state index is -2.06. The molecule has 1 aromatic carbocycles. The number of rotatable bonds is 2. The Bertz CT molecular complexity index is 301. The zero-order valence-corrected chi connectivity index (χ0v) is 6.13. The summed E-state index contributed by atoms with van der Waals surface area (Å²) in [5, 5.41) is 0. The van der Waals surface area contributed by atoms with Crippen molar-refractivity contribution in [3.63, 3.8) is 0 Å². The molecule has 0 saturated carbocycles. The summed E-state index contributed by atoms with van der Waals surface area (Å²) in [7, 11) is 0. The first-order valence-corrected chi connectivity index (χ1v) is 3.30. The minimum absolute atomic E-state index is 0.315. The second-order valence-corrected chi connectivity index (χ2v) is 2.29. The molecule has 1 amide bonds. The molecule has 2 N–H and O–H groups in total. The van der Waals surface area contributed by atoms with Crippen molar-refractivity contribution in [2.24, 2.45) is 5.73 Å². The number of benzene rings is 1. The maximum Gasteiger partial charge on any atom is 0.256 e. The van der Waals surface area contributed by atoms with Gasteiger partial charge in [-0.3, -0.25) is 4.79 Å². The van der Waals surface area contributed by atoms with Crippen LogP contribution in [0.5, 0.6) is 0 Å². The molecule has 0 aliphatic carbocycles. The van der Waals surface area contributed by atoms with E-state index in [1.165, 1.54) is 18.2 Å². The third-order valence-electron chi connectivity index (χ3n) is 1.43. The van der Waals surface area contributed by atoms with Gasteiger partial charge in [0.25, 0.3) is 5.91 Å². The maximum absolute atomic E-state index is 12.8. The van der Waals surface area contributed by atoms with Crippen LogP contribution in [0.3, 0.4) is 0 Å². The number of hydrogen-bond acceptors (Lipinski definition) is 1. The third kappa shape index (κ3) is 1.58. The van der Waals surface area contributed by atoms with Crippen molar-refractivity contribution in [2.75, 3.05) is 0 Å². The summed E-state index contributed by atoms with van der Waals surface area (Å²) < 4.78 is 25.6. The minimum Gasteiger partial charge on any atom is -0.367 e. The first-order chi connectivity index (χ1) is 5.63. The largest absolute Gasteiger partial charge is 0.367 e. The lowest BCUT2D eigenvalue weighted by Gasteiger charge is -2.04. The van der Waals surface area contributed by atoms with E-state index in [-0.39, 0.29) is 5.56 Å². The van der Waals surface area contributed by atoms with Gasteiger partial charge in [0.05, 0.1) is 0 Å². The Morgan fingerprint density at radius 1 is 1.42 bits per heavy atom. The zero-order valence-electron chi connectivity index (χ0n) is 6.13. The Kier molecular flexibility index (Phi) is 2.38. The van der Waals surface area contributed by atoms with Crippen molar-refractivity contribution >= 4 is 5.91 Å². The molecule has 1 aromatic rings. The number of halogens is 2. The molecule has 64 valence electrons. The standard InChI is InChI=1S/C8H7F2NO/c9-6-4-2-1-3-5(6)7(10)8(11)12/h1-4,7H,(H2,11,12). The number of carbonyl (C=O) groups is 1. The molecule has 1 atom stereocenters. The summed E-state index contributed by atoms with van der Waals surface area (Å²) in [6.07, 6.45) is -2.06. The highest BCUT2D eigenvalue weighted by Crippen LogP contribution is 2.19. The molecule has 0 radical (unpaired) electrons. The predicted octanol–water partition coefficient (Wildman–Crippen LogP) is 1.32. The van der Waals surface area contributed by atoms with E-state index in [4.69, 9.17) is 0 Å². The van der Waals surface area contributed by atoms with E-state index in [1.807, 2.05) is 0 Å². The lowest BCUT2D eigenvalue weighted by molar-refractivity contribution is -0.123. The van der Waals surface area contributed by atoms with Gasteiger partial charge in [0.15, 0.2) is 0 Å². The number of amides is 1. The molecular weight excluding hydrogens is 164 g/mol. The lowest BCUT2D eigenvalue weighted by Crippen LogP contribution is -2.18. The molecule has 0 heterocycles. The maximum atomic E-state index is 12.8. The summed E-state index contributed by atoms with van der Waals surface area (Å²) in [6, 6.07) is 5.11. The second-order valence-electron chi connectivity index (χ2n) is 2.29. The summed E-state index contributed by atoms with van der Waals surface area (Å²) in [5.41, 5.74) is 4.34. The van der Waals surface area contributed by atoms with Gasteiger partial charge in [0.2, 0.25) is 6.17 Å². The second kappa shape index (κ2) is 3.30. The van der Waals surface area contributed by atoms with Crippen LogP contribution in [0, 0.1) is 5.82 Å². The van der Waals surface area contributed by atoms with Crippen LogP contribution in [0.1, 0.15) is 11.7 Å². The summed E-state index contributed by atoms with van der Waals surface area (Å²) in [4.78, 5) is 10.3. The van der Waals surface area contributed by atoms with E-state index in [0.29, 0.717) is 0 Å². The molecule has 0 bridgehead atoms. The smallest absolute Gasteiger partial charge is 0.256 e. The highest BCUT2D eigenvalue weighted by molar-refractivity contribution is 5.80. The van der Waals surface area contributed by atoms with Crippen LogP contribution in [-0.4, -0.2) is 5.91 Å². The summed E-state index contributed by atoms with van der Waals surface area (Å²) >= 11 is 0.